The van der Waals surface area contributed by atoms with E-state index in [1.54, 1.807) is 20.8 Å². The largest absolute Gasteiger partial charge is 0.449 e. The molecule has 0 unspecified atom stereocenters. The molecule has 1 aliphatic rings. The van der Waals surface area contributed by atoms with E-state index in [-0.39, 0.29) is 17.8 Å². The Bertz CT molecular complexity index is 1400. The summed E-state index contributed by atoms with van der Waals surface area (Å²) in [5.41, 5.74) is -2.22. The summed E-state index contributed by atoms with van der Waals surface area (Å²) in [6.07, 6.45) is -6.95. The van der Waals surface area contributed by atoms with Gasteiger partial charge in [-0.2, -0.15) is 13.2 Å². The van der Waals surface area contributed by atoms with Crippen molar-refractivity contribution in [2.45, 2.75) is 71.4 Å². The molecule has 1 aliphatic heterocycles. The number of carbonyl (C=O) groups is 4. The van der Waals surface area contributed by atoms with Gasteiger partial charge >= 0.3 is 18.2 Å². The lowest BCUT2D eigenvalue weighted by atomic mass is 10.0. The fourth-order valence-corrected chi connectivity index (χ4v) is 4.24. The Hall–Kier alpha value is -4.31. The fraction of sp³-hybridized carbons (Fsp3) is 0.500. The van der Waals surface area contributed by atoms with Gasteiger partial charge in [-0.3, -0.25) is 14.4 Å². The van der Waals surface area contributed by atoms with Crippen LogP contribution in [0.2, 0.25) is 0 Å². The minimum atomic E-state index is -4.94. The van der Waals surface area contributed by atoms with Crippen LogP contribution < -0.4 is 10.6 Å². The first-order valence-corrected chi connectivity index (χ1v) is 12.8. The van der Waals surface area contributed by atoms with Crippen LogP contribution in [-0.2, 0) is 44.7 Å². The van der Waals surface area contributed by atoms with Gasteiger partial charge in [-0.25, -0.2) is 22.9 Å². The molecule has 17 heteroatoms. The number of halogens is 6. The highest BCUT2D eigenvalue weighted by Crippen LogP contribution is 2.32. The highest BCUT2D eigenvalue weighted by Gasteiger charge is 2.42. The molecule has 236 valence electrons. The van der Waals surface area contributed by atoms with Gasteiger partial charge in [0.1, 0.15) is 11.4 Å². The number of imidazole rings is 1. The Labute approximate surface area is 241 Å². The molecule has 1 aromatic carbocycles. The van der Waals surface area contributed by atoms with Crippen LogP contribution in [0.4, 0.5) is 31.1 Å². The van der Waals surface area contributed by atoms with Crippen LogP contribution in [0, 0.1) is 17.5 Å². The molecule has 43 heavy (non-hydrogen) atoms. The fourth-order valence-electron chi connectivity index (χ4n) is 4.24. The first-order chi connectivity index (χ1) is 19.9. The summed E-state index contributed by atoms with van der Waals surface area (Å²) in [5.74, 6) is -7.87. The first-order valence-electron chi connectivity index (χ1n) is 12.8. The molecule has 0 fully saturated rings. The van der Waals surface area contributed by atoms with Gasteiger partial charge < -0.3 is 29.6 Å². The van der Waals surface area contributed by atoms with E-state index in [1.807, 2.05) is 0 Å². The number of hydrogen-bond acceptors (Lipinski definition) is 7. The van der Waals surface area contributed by atoms with Crippen LogP contribution in [0.3, 0.4) is 0 Å². The normalized spacial score (nSPS) is 14.0. The summed E-state index contributed by atoms with van der Waals surface area (Å²) in [7, 11) is 0. The number of alkyl carbamates (subject to hydrolysis) is 1. The molecule has 3 amide bonds. The SMILES string of the molecule is CC(=O)OCNC(=O)c1nc(C(F)(F)F)n2c1CN(C(=O)C[C@@H](Cc1cc(F)c(F)cc1F)NC(=O)OC(C)(C)C)CC2. The first kappa shape index (κ1) is 33.2. The number of nitrogens with one attached hydrogen (secondary N) is 2. The van der Waals surface area contributed by atoms with Crippen molar-refractivity contribution in [3.63, 3.8) is 0 Å². The van der Waals surface area contributed by atoms with Crippen LogP contribution in [0.25, 0.3) is 0 Å². The van der Waals surface area contributed by atoms with Crippen molar-refractivity contribution in [1.29, 1.82) is 0 Å². The maximum absolute atomic E-state index is 14.4. The Morgan fingerprint density at radius 3 is 2.28 bits per heavy atom. The van der Waals surface area contributed by atoms with Gasteiger partial charge in [-0.1, -0.05) is 0 Å². The second kappa shape index (κ2) is 12.9. The molecular weight excluding hydrogens is 592 g/mol. The van der Waals surface area contributed by atoms with E-state index in [0.29, 0.717) is 12.1 Å². The maximum Gasteiger partial charge on any atom is 0.449 e. The lowest BCUT2D eigenvalue weighted by molar-refractivity contribution is -0.148. The molecule has 11 nitrogen and oxygen atoms in total. The van der Waals surface area contributed by atoms with E-state index in [9.17, 15) is 45.5 Å². The predicted molar refractivity (Wildman–Crippen MR) is 135 cm³/mol. The zero-order valence-electron chi connectivity index (χ0n) is 23.5. The number of ether oxygens (including phenoxy) is 2. The van der Waals surface area contributed by atoms with Crippen LogP contribution in [-0.4, -0.2) is 63.2 Å². The Morgan fingerprint density at radius 2 is 1.67 bits per heavy atom. The van der Waals surface area contributed by atoms with Crippen molar-refractivity contribution in [3.05, 3.63) is 52.4 Å². The van der Waals surface area contributed by atoms with Crippen LogP contribution >= 0.6 is 0 Å². The van der Waals surface area contributed by atoms with Crippen molar-refractivity contribution in [1.82, 2.24) is 25.1 Å². The third-order valence-corrected chi connectivity index (χ3v) is 6.03. The van der Waals surface area contributed by atoms with E-state index < -0.39 is 103 Å². The minimum absolute atomic E-state index is 0.252. The summed E-state index contributed by atoms with van der Waals surface area (Å²) in [4.78, 5) is 53.9. The number of benzene rings is 1. The number of rotatable bonds is 8. The number of fused-ring (bicyclic) bond motifs is 1. The number of nitrogens with zero attached hydrogens (tertiary/aromatic N) is 3. The molecule has 1 atom stereocenters. The van der Waals surface area contributed by atoms with Gasteiger partial charge in [-0.05, 0) is 38.8 Å². The van der Waals surface area contributed by atoms with E-state index in [4.69, 9.17) is 4.74 Å². The predicted octanol–water partition coefficient (Wildman–Crippen LogP) is 3.44. The van der Waals surface area contributed by atoms with Crippen LogP contribution in [0.15, 0.2) is 12.1 Å². The number of hydrogen-bond donors (Lipinski definition) is 2. The number of alkyl halides is 3. The van der Waals surface area contributed by atoms with E-state index in [2.05, 4.69) is 20.4 Å². The number of carbonyl (C=O) groups excluding carboxylic acids is 4. The quantitative estimate of drug-likeness (QED) is 0.200. The second-order valence-electron chi connectivity index (χ2n) is 10.6. The average Bonchev–Trinajstić information content (AvgIpc) is 3.25. The Balaban J connectivity index is 1.86. The molecule has 0 spiro atoms. The molecule has 0 saturated heterocycles. The molecular formula is C26H29F6N5O6. The molecule has 0 aliphatic carbocycles. The third-order valence-electron chi connectivity index (χ3n) is 6.03. The van der Waals surface area contributed by atoms with Gasteiger partial charge in [0.2, 0.25) is 11.7 Å². The second-order valence-corrected chi connectivity index (χ2v) is 10.6. The van der Waals surface area contributed by atoms with Crippen molar-refractivity contribution in [2.24, 2.45) is 0 Å². The van der Waals surface area contributed by atoms with Crippen molar-refractivity contribution in [3.8, 4) is 0 Å². The minimum Gasteiger partial charge on any atom is -0.445 e. The van der Waals surface area contributed by atoms with Gasteiger partial charge in [0.05, 0.1) is 12.2 Å². The van der Waals surface area contributed by atoms with E-state index in [1.165, 1.54) is 0 Å². The van der Waals surface area contributed by atoms with Gasteiger partial charge in [0, 0.05) is 38.5 Å². The zero-order chi connectivity index (χ0) is 32.3. The summed E-state index contributed by atoms with van der Waals surface area (Å²) in [5, 5.41) is 4.51. The number of amides is 3. The zero-order valence-corrected chi connectivity index (χ0v) is 23.5. The highest BCUT2D eigenvalue weighted by molar-refractivity contribution is 5.94. The summed E-state index contributed by atoms with van der Waals surface area (Å²) < 4.78 is 93.2. The van der Waals surface area contributed by atoms with E-state index in [0.717, 1.165) is 16.4 Å². The van der Waals surface area contributed by atoms with Gasteiger partial charge in [0.15, 0.2) is 24.1 Å². The number of aromatic nitrogens is 2. The summed E-state index contributed by atoms with van der Waals surface area (Å²) in [6.45, 7) is 3.96. The van der Waals surface area contributed by atoms with Crippen molar-refractivity contribution in [2.75, 3.05) is 13.3 Å². The van der Waals surface area contributed by atoms with Gasteiger partial charge in [-0.15, -0.1) is 0 Å². The Morgan fingerprint density at radius 1 is 1.02 bits per heavy atom. The topological polar surface area (TPSA) is 132 Å². The third kappa shape index (κ3) is 8.84. The molecule has 0 bridgehead atoms. The van der Waals surface area contributed by atoms with Crippen molar-refractivity contribution < 1.29 is 55.0 Å². The molecule has 3 rings (SSSR count). The summed E-state index contributed by atoms with van der Waals surface area (Å²) in [6, 6.07) is -0.321. The summed E-state index contributed by atoms with van der Waals surface area (Å²) >= 11 is 0. The standard InChI is InChI=1S/C26H29F6N5O6/c1-13(38)42-12-33-22(40)21-19-11-36(5-6-37(19)23(35-21)26(30,31)32)20(39)9-15(34-24(41)43-25(2,3)4)7-14-8-17(28)18(29)10-16(14)27/h8,10,15H,5-7,9,11-12H2,1-4H3,(H,33,40)(H,34,41)/t15-/m1/s1. The van der Waals surface area contributed by atoms with Crippen LogP contribution in [0.5, 0.6) is 0 Å². The lowest BCUT2D eigenvalue weighted by Gasteiger charge is -2.31. The molecule has 2 aromatic rings. The van der Waals surface area contributed by atoms with Gasteiger partial charge in [0.25, 0.3) is 5.91 Å². The molecule has 2 heterocycles. The molecule has 2 N–H and O–H groups in total. The number of esters is 1. The molecule has 0 radical (unpaired) electrons. The lowest BCUT2D eigenvalue weighted by Crippen LogP contribution is -2.46. The smallest absolute Gasteiger partial charge is 0.445 e. The van der Waals surface area contributed by atoms with Crippen molar-refractivity contribution >= 4 is 23.9 Å². The Kier molecular flexibility index (Phi) is 9.97. The average molecular weight is 622 g/mol. The van der Waals surface area contributed by atoms with Crippen LogP contribution in [0.1, 0.15) is 61.7 Å². The van der Waals surface area contributed by atoms with E-state index >= 15 is 0 Å². The molecule has 1 aromatic heterocycles. The molecule has 0 saturated carbocycles. The highest BCUT2D eigenvalue weighted by atomic mass is 19.4. The maximum atomic E-state index is 14.4. The monoisotopic (exact) mass is 621 g/mol.